The van der Waals surface area contributed by atoms with E-state index in [0.29, 0.717) is 35.8 Å². The molecule has 23 heteroatoms. The summed E-state index contributed by atoms with van der Waals surface area (Å²) in [4.78, 5) is 94.4. The highest BCUT2D eigenvalue weighted by Crippen LogP contribution is 2.16. The third kappa shape index (κ3) is 16.1. The van der Waals surface area contributed by atoms with Gasteiger partial charge in [-0.2, -0.15) is 13.5 Å². The number of nitrogens with two attached hydrogens (primary N) is 1. The van der Waals surface area contributed by atoms with Crippen LogP contribution in [0, 0.1) is 0 Å². The molecule has 0 radical (unpaired) electrons. The summed E-state index contributed by atoms with van der Waals surface area (Å²) in [5.74, 6) is -6.02. The molecule has 22 nitrogen and oxygen atoms in total. The number of aliphatic carboxylic acids is 1. The van der Waals surface area contributed by atoms with Crippen LogP contribution >= 0.6 is 0 Å². The fraction of sp³-hybridized carbons (Fsp3) is 0.262. The zero-order valence-corrected chi connectivity index (χ0v) is 36.0. The smallest absolute Gasteiger partial charge is 0.330 e. The van der Waals surface area contributed by atoms with Gasteiger partial charge < -0.3 is 47.5 Å². The maximum absolute atomic E-state index is 13.8. The Morgan fingerprint density at radius 1 is 0.938 bits per heavy atom. The average molecular weight is 917 g/mol. The maximum atomic E-state index is 13.8. The minimum Gasteiger partial charge on any atom is -0.494 e. The van der Waals surface area contributed by atoms with Crippen LogP contribution in [0.2, 0.25) is 0 Å². The van der Waals surface area contributed by atoms with Gasteiger partial charge in [-0.1, -0.05) is 36.4 Å². The number of hydrazone groups is 1. The van der Waals surface area contributed by atoms with Gasteiger partial charge in [0.05, 0.1) is 31.0 Å². The van der Waals surface area contributed by atoms with Crippen LogP contribution in [-0.2, 0) is 45.3 Å². The van der Waals surface area contributed by atoms with Crippen molar-refractivity contribution in [2.45, 2.75) is 50.5 Å². The minimum absolute atomic E-state index is 0.150. The first kappa shape index (κ1) is 49.9. The summed E-state index contributed by atoms with van der Waals surface area (Å²) in [5.41, 5.74) is 8.25. The van der Waals surface area contributed by atoms with E-state index < -0.39 is 69.8 Å². The summed E-state index contributed by atoms with van der Waals surface area (Å²) < 4.78 is 38.3. The molecular formula is C42H48N10O12S. The maximum Gasteiger partial charge on any atom is 0.330 e. The Hall–Kier alpha value is -7.76. The van der Waals surface area contributed by atoms with Crippen molar-refractivity contribution in [3.8, 4) is 5.75 Å². The predicted molar refractivity (Wildman–Crippen MR) is 234 cm³/mol. The van der Waals surface area contributed by atoms with Crippen LogP contribution in [-0.4, -0.2) is 103 Å². The van der Waals surface area contributed by atoms with E-state index in [1.54, 1.807) is 30.3 Å². The lowest BCUT2D eigenvalue weighted by atomic mass is 10.0. The lowest BCUT2D eigenvalue weighted by Gasteiger charge is -2.21. The molecule has 1 aliphatic heterocycles. The summed E-state index contributed by atoms with van der Waals surface area (Å²) in [7, 11) is -4.45. The Labute approximate surface area is 373 Å². The average Bonchev–Trinajstić information content (AvgIpc) is 3.26. The summed E-state index contributed by atoms with van der Waals surface area (Å²) in [5, 5.41) is 28.0. The number of carbonyl (C=O) groups is 7. The Kier molecular flexibility index (Phi) is 18.6. The molecule has 1 aromatic heterocycles. The third-order valence-corrected chi connectivity index (χ3v) is 9.81. The van der Waals surface area contributed by atoms with Crippen molar-refractivity contribution in [1.29, 1.82) is 0 Å². The monoisotopic (exact) mass is 916 g/mol. The van der Waals surface area contributed by atoms with Crippen molar-refractivity contribution >= 4 is 63.6 Å². The van der Waals surface area contributed by atoms with Gasteiger partial charge in [0.2, 0.25) is 11.8 Å². The van der Waals surface area contributed by atoms with Crippen molar-refractivity contribution in [3.63, 3.8) is 0 Å². The van der Waals surface area contributed by atoms with Gasteiger partial charge in [-0.3, -0.25) is 38.7 Å². The number of aromatic nitrogens is 1. The Morgan fingerprint density at radius 2 is 1.68 bits per heavy atom. The number of carbonyl (C=O) groups excluding carboxylic acids is 6. The van der Waals surface area contributed by atoms with Gasteiger partial charge in [-0.15, -0.1) is 0 Å². The molecule has 1 atom stereocenters. The highest BCUT2D eigenvalue weighted by atomic mass is 32.2. The number of carboxylic acid groups (broad SMARTS) is 1. The number of hydrogen-bond acceptors (Lipinski definition) is 14. The molecule has 4 rings (SSSR count). The largest absolute Gasteiger partial charge is 0.494 e. The van der Waals surface area contributed by atoms with Crippen LogP contribution in [0.25, 0.3) is 0 Å². The molecule has 0 aliphatic carbocycles. The number of nitrogens with one attached hydrogen (secondary N) is 7. The summed E-state index contributed by atoms with van der Waals surface area (Å²) in [6, 6.07) is 13.7. The number of rotatable bonds is 16. The highest BCUT2D eigenvalue weighted by Gasteiger charge is 2.28. The number of hydrogen-bond donors (Lipinski definition) is 10. The molecule has 2 aromatic carbocycles. The van der Waals surface area contributed by atoms with E-state index in [4.69, 9.17) is 10.5 Å². The Bertz CT molecular complexity index is 2500. The number of benzene rings is 2. The first-order chi connectivity index (χ1) is 30.9. The number of unbranched alkanes of at least 4 members (excludes halogenated alkanes) is 1. The van der Waals surface area contributed by atoms with Crippen LogP contribution < -0.4 is 47.8 Å². The molecule has 65 heavy (non-hydrogen) atoms. The molecular weight excluding hydrogens is 869 g/mol. The molecule has 6 amide bonds. The molecule has 2 heterocycles. The standard InChI is InChI=1S/C42H48N10O12S/c1-25(2)37-42(60)49-30(9-5-6-17-43)39(57)46-24-35(53)48-32(21-36(54)55)40(58)50-31(41(59)51-37)20-26-11-14-29(15-12-26)64-19-7-18-44-38(56)28-13-16-34(45-22-28)52-47-23-27-8-3-4-10-33(27)65(61,62)63/h3-4,8-16,21-23,31H,5-7,17-20,24,43H2,1-2H3,(H,44,56)(H,45,52)(H,46,57)(H,48,53)(H,49,60)(H,50,58)(H,51,59)(H,54,55)(H,61,62,63)/b30-9-,32-21+,47-23+/t31-/m1/s1. The van der Waals surface area contributed by atoms with Gasteiger partial charge >= 0.3 is 5.97 Å². The zero-order chi connectivity index (χ0) is 47.5. The molecule has 0 bridgehead atoms. The minimum atomic E-state index is -4.45. The van der Waals surface area contributed by atoms with E-state index in [1.165, 1.54) is 62.7 Å². The van der Waals surface area contributed by atoms with Gasteiger partial charge in [-0.05, 0) is 81.1 Å². The van der Waals surface area contributed by atoms with Gasteiger partial charge in [-0.25, -0.2) is 9.78 Å². The van der Waals surface area contributed by atoms with Gasteiger partial charge in [0.1, 0.15) is 39.6 Å². The topological polar surface area (TPSA) is 339 Å². The van der Waals surface area contributed by atoms with E-state index >= 15 is 0 Å². The third-order valence-electron chi connectivity index (χ3n) is 8.89. The molecule has 11 N–H and O–H groups in total. The van der Waals surface area contributed by atoms with Crippen LogP contribution in [0.4, 0.5) is 5.82 Å². The van der Waals surface area contributed by atoms with Crippen LogP contribution in [0.3, 0.4) is 0 Å². The van der Waals surface area contributed by atoms with Crippen molar-refractivity contribution in [2.75, 3.05) is 31.7 Å². The van der Waals surface area contributed by atoms with Gasteiger partial charge in [0.25, 0.3) is 33.7 Å². The predicted octanol–water partition coefficient (Wildman–Crippen LogP) is 0.364. The molecule has 0 saturated carbocycles. The van der Waals surface area contributed by atoms with E-state index in [9.17, 15) is 51.6 Å². The van der Waals surface area contributed by atoms with Crippen molar-refractivity contribution < 1.29 is 56.4 Å². The van der Waals surface area contributed by atoms with E-state index in [-0.39, 0.29) is 65.8 Å². The second kappa shape index (κ2) is 24.2. The molecule has 1 fully saturated rings. The zero-order valence-electron chi connectivity index (χ0n) is 35.2. The first-order valence-electron chi connectivity index (χ1n) is 19.8. The summed E-state index contributed by atoms with van der Waals surface area (Å²) >= 11 is 0. The van der Waals surface area contributed by atoms with Crippen molar-refractivity contribution in [2.24, 2.45) is 10.8 Å². The Morgan fingerprint density at radius 3 is 2.34 bits per heavy atom. The van der Waals surface area contributed by atoms with Crippen molar-refractivity contribution in [3.05, 3.63) is 118 Å². The van der Waals surface area contributed by atoms with Gasteiger partial charge in [0.15, 0.2) is 0 Å². The number of allylic oxidation sites excluding steroid dienone is 2. The normalized spacial score (nSPS) is 16.6. The second-order valence-corrected chi connectivity index (χ2v) is 15.5. The van der Waals surface area contributed by atoms with Crippen LogP contribution in [0.15, 0.2) is 112 Å². The number of nitrogens with zero attached hydrogens (tertiary/aromatic N) is 2. The quantitative estimate of drug-likeness (QED) is 0.0305. The van der Waals surface area contributed by atoms with Crippen LogP contribution in [0.5, 0.6) is 5.75 Å². The number of carboxylic acids is 1. The lowest BCUT2D eigenvalue weighted by Crippen LogP contribution is -2.51. The summed E-state index contributed by atoms with van der Waals surface area (Å²) in [6.45, 7) is 3.10. The molecule has 344 valence electrons. The van der Waals surface area contributed by atoms with E-state index in [2.05, 4.69) is 47.4 Å². The number of pyridine rings is 1. The lowest BCUT2D eigenvalue weighted by molar-refractivity contribution is -0.132. The molecule has 0 unspecified atom stereocenters. The highest BCUT2D eigenvalue weighted by molar-refractivity contribution is 7.86. The molecule has 3 aromatic rings. The molecule has 1 aliphatic rings. The van der Waals surface area contributed by atoms with Crippen molar-refractivity contribution in [1.82, 2.24) is 36.9 Å². The van der Waals surface area contributed by atoms with Gasteiger partial charge in [0, 0.05) is 24.7 Å². The molecule has 0 spiro atoms. The SMILES string of the molecule is CC(C)=C1NC(=O)[C@@H](Cc2ccc(OCCCNC(=O)c3ccc(N/N=C/c4ccccc4S(=O)(=O)O)nc3)cc2)NC(=O)/C(=C\C(=O)O)NC(=O)CNC(=O)/C(=C/CCCN)NC1=O. The fourth-order valence-corrected chi connectivity index (χ4v) is 6.32. The Balaban J connectivity index is 1.37. The number of anilines is 1. The fourth-order valence-electron chi connectivity index (χ4n) is 5.65. The van der Waals surface area contributed by atoms with E-state index in [1.807, 2.05) is 0 Å². The number of ether oxygens (including phenoxy) is 1. The van der Waals surface area contributed by atoms with E-state index in [0.717, 1.165) is 0 Å². The number of amides is 6. The van der Waals surface area contributed by atoms with Crippen LogP contribution in [0.1, 0.15) is 54.6 Å². The second-order valence-electron chi connectivity index (χ2n) is 14.1. The first-order valence-corrected chi connectivity index (χ1v) is 21.2. The molecule has 1 saturated heterocycles. The summed E-state index contributed by atoms with van der Waals surface area (Å²) in [6.07, 6.45) is 5.33.